The molecular weight excluding hydrogens is 272 g/mol. The second kappa shape index (κ2) is 5.48. The molecule has 0 radical (unpaired) electrons. The van der Waals surface area contributed by atoms with E-state index in [-0.39, 0.29) is 18.0 Å². The van der Waals surface area contributed by atoms with Crippen molar-refractivity contribution in [1.29, 1.82) is 0 Å². The van der Waals surface area contributed by atoms with E-state index in [0.29, 0.717) is 13.1 Å². The molecule has 6 nitrogen and oxygen atoms in total. The summed E-state index contributed by atoms with van der Waals surface area (Å²) in [7, 11) is 3.46. The number of piperidine rings is 1. The highest BCUT2D eigenvalue weighted by molar-refractivity contribution is 5.80. The third-order valence-corrected chi connectivity index (χ3v) is 4.41. The summed E-state index contributed by atoms with van der Waals surface area (Å²) in [6.07, 6.45) is 0.378. The van der Waals surface area contributed by atoms with E-state index in [1.165, 1.54) is 7.11 Å². The Morgan fingerprint density at radius 3 is 2.48 bits per heavy atom. The van der Waals surface area contributed by atoms with Crippen LogP contribution in [0.5, 0.6) is 0 Å². The maximum atomic E-state index is 12.3. The fourth-order valence-corrected chi connectivity index (χ4v) is 3.35. The molecule has 0 spiro atoms. The maximum Gasteiger partial charge on any atom is 0.410 e. The smallest absolute Gasteiger partial charge is 0.410 e. The Bertz CT molecular complexity index is 432. The van der Waals surface area contributed by atoms with Crippen molar-refractivity contribution < 1.29 is 19.1 Å². The zero-order valence-corrected chi connectivity index (χ0v) is 13.6. The van der Waals surface area contributed by atoms with Gasteiger partial charge in [-0.25, -0.2) is 4.79 Å². The molecule has 21 heavy (non-hydrogen) atoms. The fraction of sp³-hybridized carbons (Fsp3) is 0.867. The number of ether oxygens (including phenoxy) is 2. The van der Waals surface area contributed by atoms with Crippen LogP contribution < -0.4 is 0 Å². The quantitative estimate of drug-likeness (QED) is 0.684. The van der Waals surface area contributed by atoms with Crippen molar-refractivity contribution in [2.24, 2.45) is 11.3 Å². The average molecular weight is 298 g/mol. The molecule has 6 heteroatoms. The Hall–Kier alpha value is -1.30. The summed E-state index contributed by atoms with van der Waals surface area (Å²) < 4.78 is 10.5. The molecule has 2 heterocycles. The fourth-order valence-electron chi connectivity index (χ4n) is 3.35. The van der Waals surface area contributed by atoms with Crippen molar-refractivity contribution >= 4 is 12.1 Å². The summed E-state index contributed by atoms with van der Waals surface area (Å²) in [4.78, 5) is 28.4. The molecule has 0 aromatic carbocycles. The maximum absolute atomic E-state index is 12.3. The van der Waals surface area contributed by atoms with Crippen molar-refractivity contribution in [1.82, 2.24) is 9.80 Å². The molecule has 2 aliphatic heterocycles. The third kappa shape index (κ3) is 3.15. The van der Waals surface area contributed by atoms with E-state index < -0.39 is 11.0 Å². The van der Waals surface area contributed by atoms with E-state index in [4.69, 9.17) is 9.47 Å². The highest BCUT2D eigenvalue weighted by Crippen LogP contribution is 2.43. The minimum absolute atomic E-state index is 0.108. The molecule has 2 rings (SSSR count). The van der Waals surface area contributed by atoms with Crippen molar-refractivity contribution in [3.8, 4) is 0 Å². The number of fused-ring (bicyclic) bond motifs is 1. The first kappa shape index (κ1) is 16.1. The SMILES string of the molecule is COC(=O)[C@]12CCN(C)C[C@@H]1CN(C(=O)OC(C)(C)C)C2. The normalized spacial score (nSPS) is 30.0. The van der Waals surface area contributed by atoms with Crippen LogP contribution in [0.2, 0.25) is 0 Å². The molecule has 0 aromatic rings. The molecule has 0 unspecified atom stereocenters. The number of hydrogen-bond acceptors (Lipinski definition) is 5. The van der Waals surface area contributed by atoms with E-state index in [2.05, 4.69) is 4.90 Å². The number of carbonyl (C=O) groups is 2. The van der Waals surface area contributed by atoms with E-state index in [1.54, 1.807) is 4.90 Å². The van der Waals surface area contributed by atoms with Gasteiger partial charge in [-0.15, -0.1) is 0 Å². The van der Waals surface area contributed by atoms with E-state index in [0.717, 1.165) is 19.5 Å². The summed E-state index contributed by atoms with van der Waals surface area (Å²) in [6.45, 7) is 8.12. The van der Waals surface area contributed by atoms with E-state index in [1.807, 2.05) is 27.8 Å². The van der Waals surface area contributed by atoms with Gasteiger partial charge in [-0.05, 0) is 40.8 Å². The molecule has 0 N–H and O–H groups in total. The van der Waals surface area contributed by atoms with Gasteiger partial charge in [-0.2, -0.15) is 0 Å². The number of nitrogens with zero attached hydrogens (tertiary/aromatic N) is 2. The van der Waals surface area contributed by atoms with Crippen molar-refractivity contribution in [3.63, 3.8) is 0 Å². The summed E-state index contributed by atoms with van der Waals surface area (Å²) in [6, 6.07) is 0. The Morgan fingerprint density at radius 2 is 1.90 bits per heavy atom. The molecule has 2 aliphatic rings. The molecule has 2 fully saturated rings. The van der Waals surface area contributed by atoms with Crippen molar-refractivity contribution in [3.05, 3.63) is 0 Å². The largest absolute Gasteiger partial charge is 0.469 e. The van der Waals surface area contributed by atoms with E-state index >= 15 is 0 Å². The summed E-state index contributed by atoms with van der Waals surface area (Å²) in [5.74, 6) is -0.0946. The van der Waals surface area contributed by atoms with Crippen molar-refractivity contribution in [2.75, 3.05) is 40.3 Å². The second-order valence-corrected chi connectivity index (χ2v) is 7.22. The Labute approximate surface area is 126 Å². The van der Waals surface area contributed by atoms with Gasteiger partial charge < -0.3 is 19.3 Å². The molecule has 0 saturated carbocycles. The highest BCUT2D eigenvalue weighted by Gasteiger charge is 2.56. The van der Waals surface area contributed by atoms with Crippen molar-refractivity contribution in [2.45, 2.75) is 32.8 Å². The van der Waals surface area contributed by atoms with Gasteiger partial charge in [0.25, 0.3) is 0 Å². The first-order chi connectivity index (χ1) is 9.68. The highest BCUT2D eigenvalue weighted by atomic mass is 16.6. The third-order valence-electron chi connectivity index (χ3n) is 4.41. The molecule has 2 atom stereocenters. The van der Waals surface area contributed by atoms with Gasteiger partial charge in [0.05, 0.1) is 12.5 Å². The average Bonchev–Trinajstić information content (AvgIpc) is 2.75. The Kier molecular flexibility index (Phi) is 4.19. The van der Waals surface area contributed by atoms with Gasteiger partial charge in [0.2, 0.25) is 0 Å². The molecular formula is C15H26N2O4. The Morgan fingerprint density at radius 1 is 1.24 bits per heavy atom. The van der Waals surface area contributed by atoms with Crippen LogP contribution >= 0.6 is 0 Å². The number of carbonyl (C=O) groups excluding carboxylic acids is 2. The number of esters is 1. The zero-order chi connectivity index (χ0) is 15.8. The van der Waals surface area contributed by atoms with Gasteiger partial charge in [0.1, 0.15) is 5.60 Å². The minimum Gasteiger partial charge on any atom is -0.469 e. The molecule has 0 bridgehead atoms. The van der Waals surface area contributed by atoms with Gasteiger partial charge in [-0.1, -0.05) is 0 Å². The predicted molar refractivity (Wildman–Crippen MR) is 77.9 cm³/mol. The lowest BCUT2D eigenvalue weighted by molar-refractivity contribution is -0.157. The first-order valence-electron chi connectivity index (χ1n) is 7.43. The number of amides is 1. The molecule has 0 aliphatic carbocycles. The number of likely N-dealkylation sites (tertiary alicyclic amines) is 2. The van der Waals surface area contributed by atoms with Crippen LogP contribution in [-0.4, -0.2) is 67.8 Å². The van der Waals surface area contributed by atoms with Gasteiger partial charge in [0.15, 0.2) is 0 Å². The van der Waals surface area contributed by atoms with Gasteiger partial charge in [0, 0.05) is 25.6 Å². The summed E-state index contributed by atoms with van der Waals surface area (Å²) in [5.41, 5.74) is -1.10. The molecule has 1 amide bonds. The molecule has 0 aromatic heterocycles. The number of rotatable bonds is 1. The monoisotopic (exact) mass is 298 g/mol. The van der Waals surface area contributed by atoms with Crippen LogP contribution in [-0.2, 0) is 14.3 Å². The number of methoxy groups -OCH3 is 1. The van der Waals surface area contributed by atoms with Crippen LogP contribution in [0.3, 0.4) is 0 Å². The summed E-state index contributed by atoms with van der Waals surface area (Å²) in [5, 5.41) is 0. The predicted octanol–water partition coefficient (Wildman–Crippen LogP) is 1.35. The van der Waals surface area contributed by atoms with Crippen LogP contribution in [0.1, 0.15) is 27.2 Å². The van der Waals surface area contributed by atoms with E-state index in [9.17, 15) is 9.59 Å². The lowest BCUT2D eigenvalue weighted by atomic mass is 9.72. The summed E-state index contributed by atoms with van der Waals surface area (Å²) >= 11 is 0. The van der Waals surface area contributed by atoms with Crippen LogP contribution in [0.25, 0.3) is 0 Å². The van der Waals surface area contributed by atoms with Gasteiger partial charge in [-0.3, -0.25) is 4.79 Å². The second-order valence-electron chi connectivity index (χ2n) is 7.22. The molecule has 2 saturated heterocycles. The van der Waals surface area contributed by atoms with Gasteiger partial charge >= 0.3 is 12.1 Å². The lowest BCUT2D eigenvalue weighted by Gasteiger charge is -2.39. The standard InChI is InChI=1S/C15H26N2O4/c1-14(2,3)21-13(19)17-9-11-8-16(4)7-6-15(11,10-17)12(18)20-5/h11H,6-10H2,1-5H3/t11-,15+/m1/s1. The number of hydrogen-bond donors (Lipinski definition) is 0. The van der Waals surface area contributed by atoms with Crippen LogP contribution in [0.4, 0.5) is 4.79 Å². The van der Waals surface area contributed by atoms with Crippen LogP contribution in [0, 0.1) is 11.3 Å². The van der Waals surface area contributed by atoms with Crippen LogP contribution in [0.15, 0.2) is 0 Å². The first-order valence-corrected chi connectivity index (χ1v) is 7.43. The lowest BCUT2D eigenvalue weighted by Crippen LogP contribution is -2.50. The zero-order valence-electron chi connectivity index (χ0n) is 13.6. The topological polar surface area (TPSA) is 59.1 Å². The minimum atomic E-state index is -0.571. The molecule has 120 valence electrons. The Balaban J connectivity index is 2.17.